The molecule has 0 fully saturated rings. The van der Waals surface area contributed by atoms with E-state index in [-0.39, 0.29) is 5.82 Å². The zero-order valence-corrected chi connectivity index (χ0v) is 15.0. The summed E-state index contributed by atoms with van der Waals surface area (Å²) in [5, 5.41) is 4.95. The van der Waals surface area contributed by atoms with Crippen molar-refractivity contribution in [2.24, 2.45) is 0 Å². The minimum atomic E-state index is -0.206. The minimum Gasteiger partial charge on any atom is -0.349 e. The minimum absolute atomic E-state index is 0.206. The van der Waals surface area contributed by atoms with Gasteiger partial charge in [-0.1, -0.05) is 0 Å². The van der Waals surface area contributed by atoms with Crippen molar-refractivity contribution in [2.75, 3.05) is 6.54 Å². The summed E-state index contributed by atoms with van der Waals surface area (Å²) in [6, 6.07) is 11.4. The third-order valence-electron chi connectivity index (χ3n) is 5.91. The van der Waals surface area contributed by atoms with Crippen molar-refractivity contribution in [3.8, 4) is 5.69 Å². The van der Waals surface area contributed by atoms with E-state index in [4.69, 9.17) is 5.10 Å². The molecule has 2 aliphatic rings. The summed E-state index contributed by atoms with van der Waals surface area (Å²) in [7, 11) is 0. The Morgan fingerprint density at radius 1 is 1.12 bits per heavy atom. The van der Waals surface area contributed by atoms with Gasteiger partial charge in [-0.25, -0.2) is 9.07 Å². The molecule has 1 aromatic carbocycles. The molecular weight excluding hydrogens is 327 g/mol. The first-order valence-electron chi connectivity index (χ1n) is 9.45. The fraction of sp³-hybridized carbons (Fsp3) is 0.381. The van der Waals surface area contributed by atoms with Gasteiger partial charge in [0.05, 0.1) is 11.4 Å². The molecule has 0 saturated heterocycles. The second-order valence-electron chi connectivity index (χ2n) is 7.39. The summed E-state index contributed by atoms with van der Waals surface area (Å²) in [4.78, 5) is 2.52. The van der Waals surface area contributed by atoms with Crippen LogP contribution in [-0.4, -0.2) is 25.8 Å². The van der Waals surface area contributed by atoms with Crippen LogP contribution in [0.2, 0.25) is 0 Å². The Bertz CT molecular complexity index is 938. The van der Waals surface area contributed by atoms with Crippen molar-refractivity contribution in [3.63, 3.8) is 0 Å². The molecule has 5 rings (SSSR count). The van der Waals surface area contributed by atoms with Gasteiger partial charge >= 0.3 is 0 Å². The average molecular weight is 350 g/mol. The Morgan fingerprint density at radius 2 is 1.96 bits per heavy atom. The third kappa shape index (κ3) is 2.50. The Morgan fingerprint density at radius 3 is 2.81 bits per heavy atom. The molecule has 3 aromatic rings. The number of benzene rings is 1. The maximum Gasteiger partial charge on any atom is 0.123 e. The van der Waals surface area contributed by atoms with Crippen LogP contribution in [0, 0.1) is 5.82 Å². The summed E-state index contributed by atoms with van der Waals surface area (Å²) in [5.74, 6) is -0.206. The quantitative estimate of drug-likeness (QED) is 0.716. The second kappa shape index (κ2) is 6.09. The lowest BCUT2D eigenvalue weighted by molar-refractivity contribution is 0.158. The van der Waals surface area contributed by atoms with Crippen LogP contribution in [-0.2, 0) is 25.9 Å². The van der Waals surface area contributed by atoms with E-state index in [1.807, 2.05) is 16.8 Å². The Kier molecular flexibility index (Phi) is 3.71. The van der Waals surface area contributed by atoms with E-state index in [0.717, 1.165) is 38.2 Å². The normalized spacial score (nSPS) is 19.5. The zero-order chi connectivity index (χ0) is 17.7. The fourth-order valence-corrected chi connectivity index (χ4v) is 4.47. The zero-order valence-electron chi connectivity index (χ0n) is 15.0. The van der Waals surface area contributed by atoms with Crippen LogP contribution >= 0.6 is 0 Å². The molecule has 26 heavy (non-hydrogen) atoms. The monoisotopic (exact) mass is 350 g/mol. The molecule has 0 saturated carbocycles. The largest absolute Gasteiger partial charge is 0.349 e. The van der Waals surface area contributed by atoms with E-state index in [9.17, 15) is 4.39 Å². The molecule has 3 heterocycles. The Balaban J connectivity index is 1.47. The molecule has 0 amide bonds. The molecule has 0 bridgehead atoms. The van der Waals surface area contributed by atoms with Gasteiger partial charge in [0.1, 0.15) is 5.82 Å². The van der Waals surface area contributed by atoms with Crippen molar-refractivity contribution >= 4 is 0 Å². The van der Waals surface area contributed by atoms with Crippen molar-refractivity contribution in [2.45, 2.75) is 45.3 Å². The van der Waals surface area contributed by atoms with E-state index in [2.05, 4.69) is 34.7 Å². The molecule has 0 N–H and O–H groups in total. The highest BCUT2D eigenvalue weighted by atomic mass is 19.1. The number of hydrogen-bond donors (Lipinski definition) is 0. The topological polar surface area (TPSA) is 26.0 Å². The second-order valence-corrected chi connectivity index (χ2v) is 7.39. The summed E-state index contributed by atoms with van der Waals surface area (Å²) in [6.45, 7) is 5.24. The fourth-order valence-electron chi connectivity index (χ4n) is 4.47. The lowest BCUT2D eigenvalue weighted by Crippen LogP contribution is -2.36. The Hall–Kier alpha value is -2.40. The highest BCUT2D eigenvalue weighted by molar-refractivity contribution is 5.40. The SMILES string of the molecule is CC1c2cccn2CCN1Cc1nn(-c2ccc(F)cc2)c2c1CCC2. The average Bonchev–Trinajstić information content (AvgIpc) is 3.36. The van der Waals surface area contributed by atoms with Crippen LogP contribution in [0.4, 0.5) is 4.39 Å². The highest BCUT2D eigenvalue weighted by Crippen LogP contribution is 2.32. The van der Waals surface area contributed by atoms with Crippen molar-refractivity contribution < 1.29 is 4.39 Å². The summed E-state index contributed by atoms with van der Waals surface area (Å²) < 4.78 is 17.7. The van der Waals surface area contributed by atoms with Gasteiger partial charge in [0.25, 0.3) is 0 Å². The Labute approximate surface area is 152 Å². The van der Waals surface area contributed by atoms with E-state index in [0.29, 0.717) is 6.04 Å². The molecule has 5 heteroatoms. The number of nitrogens with zero attached hydrogens (tertiary/aromatic N) is 4. The van der Waals surface area contributed by atoms with E-state index < -0.39 is 0 Å². The van der Waals surface area contributed by atoms with Crippen LogP contribution < -0.4 is 0 Å². The number of halogens is 1. The number of fused-ring (bicyclic) bond motifs is 2. The maximum atomic E-state index is 13.3. The summed E-state index contributed by atoms with van der Waals surface area (Å²) in [6.07, 6.45) is 5.51. The number of hydrogen-bond acceptors (Lipinski definition) is 2. The molecule has 1 aliphatic heterocycles. The third-order valence-corrected chi connectivity index (χ3v) is 5.91. The van der Waals surface area contributed by atoms with Crippen LogP contribution in [0.25, 0.3) is 5.69 Å². The lowest BCUT2D eigenvalue weighted by Gasteiger charge is -2.34. The molecular formula is C21H23FN4. The molecule has 1 atom stereocenters. The van der Waals surface area contributed by atoms with Gasteiger partial charge in [0.15, 0.2) is 0 Å². The first-order valence-corrected chi connectivity index (χ1v) is 9.45. The maximum absolute atomic E-state index is 13.3. The van der Waals surface area contributed by atoms with Gasteiger partial charge < -0.3 is 4.57 Å². The first-order chi connectivity index (χ1) is 12.7. The van der Waals surface area contributed by atoms with Gasteiger partial charge in [-0.15, -0.1) is 0 Å². The molecule has 1 unspecified atom stereocenters. The first kappa shape index (κ1) is 15.8. The van der Waals surface area contributed by atoms with Gasteiger partial charge in [-0.3, -0.25) is 4.90 Å². The molecule has 2 aromatic heterocycles. The summed E-state index contributed by atoms with van der Waals surface area (Å²) in [5.41, 5.74) is 6.23. The van der Waals surface area contributed by atoms with E-state index >= 15 is 0 Å². The standard InChI is InChI=1S/C21H23FN4/c1-15-20-6-3-11-24(20)12-13-25(15)14-19-18-4-2-5-21(18)26(23-19)17-9-7-16(22)8-10-17/h3,6-11,15H,2,4-5,12-14H2,1H3. The number of aromatic nitrogens is 3. The van der Waals surface area contributed by atoms with E-state index in [1.165, 1.54) is 41.2 Å². The van der Waals surface area contributed by atoms with Crippen molar-refractivity contribution in [3.05, 3.63) is 71.1 Å². The molecule has 4 nitrogen and oxygen atoms in total. The van der Waals surface area contributed by atoms with Crippen LogP contribution in [0.15, 0.2) is 42.6 Å². The van der Waals surface area contributed by atoms with Crippen LogP contribution in [0.3, 0.4) is 0 Å². The van der Waals surface area contributed by atoms with Crippen molar-refractivity contribution in [1.82, 2.24) is 19.2 Å². The smallest absolute Gasteiger partial charge is 0.123 e. The molecule has 1 aliphatic carbocycles. The predicted octanol–water partition coefficient (Wildman–Crippen LogP) is 3.88. The van der Waals surface area contributed by atoms with E-state index in [1.54, 1.807) is 0 Å². The molecule has 0 spiro atoms. The highest BCUT2D eigenvalue weighted by Gasteiger charge is 2.28. The van der Waals surface area contributed by atoms with Gasteiger partial charge in [0, 0.05) is 43.3 Å². The van der Waals surface area contributed by atoms with Crippen LogP contribution in [0.5, 0.6) is 0 Å². The van der Waals surface area contributed by atoms with Crippen LogP contribution in [0.1, 0.15) is 42.0 Å². The van der Waals surface area contributed by atoms with Gasteiger partial charge in [-0.2, -0.15) is 5.10 Å². The summed E-state index contributed by atoms with van der Waals surface area (Å²) >= 11 is 0. The van der Waals surface area contributed by atoms with Crippen molar-refractivity contribution in [1.29, 1.82) is 0 Å². The predicted molar refractivity (Wildman–Crippen MR) is 98.8 cm³/mol. The lowest BCUT2D eigenvalue weighted by atomic mass is 10.1. The molecule has 0 radical (unpaired) electrons. The van der Waals surface area contributed by atoms with Gasteiger partial charge in [0.2, 0.25) is 0 Å². The van der Waals surface area contributed by atoms with Gasteiger partial charge in [-0.05, 0) is 68.1 Å². The number of rotatable bonds is 3. The molecule has 134 valence electrons.